The molecule has 0 spiro atoms. The molecule has 2 amide bonds. The van der Waals surface area contributed by atoms with E-state index in [1.54, 1.807) is 42.5 Å². The molecule has 0 saturated carbocycles. The van der Waals surface area contributed by atoms with E-state index >= 15 is 0 Å². The number of nitrogens with zero attached hydrogens (tertiary/aromatic N) is 1. The van der Waals surface area contributed by atoms with Crippen LogP contribution < -0.4 is 15.0 Å². The second-order valence-corrected chi connectivity index (χ2v) is 6.72. The lowest BCUT2D eigenvalue weighted by Gasteiger charge is -2.28. The van der Waals surface area contributed by atoms with Crippen molar-refractivity contribution in [3.05, 3.63) is 64.1 Å². The predicted octanol–water partition coefficient (Wildman–Crippen LogP) is 3.29. The number of carbonyl (C=O) groups is 2. The van der Waals surface area contributed by atoms with Crippen LogP contribution >= 0.6 is 28.1 Å². The molecular weight excluding hydrogens is 428 g/mol. The Morgan fingerprint density at radius 1 is 1.22 bits per heavy atom. The molecule has 1 N–H and O–H groups in total. The van der Waals surface area contributed by atoms with Crippen LogP contribution in [-0.4, -0.2) is 23.5 Å². The van der Waals surface area contributed by atoms with Gasteiger partial charge in [0.1, 0.15) is 17.9 Å². The zero-order chi connectivity index (χ0) is 19.4. The van der Waals surface area contributed by atoms with Crippen LogP contribution in [0, 0.1) is 12.3 Å². The lowest BCUT2D eigenvalue weighted by molar-refractivity contribution is -0.122. The SMILES string of the molecule is C#CCOc1ccc(/C=C2/C(=O)NC(=S)N(c3ccccc3)C2=O)cc1Br. The third kappa shape index (κ3) is 4.08. The van der Waals surface area contributed by atoms with Gasteiger partial charge < -0.3 is 4.74 Å². The molecule has 7 heteroatoms. The van der Waals surface area contributed by atoms with Gasteiger partial charge in [0.15, 0.2) is 5.11 Å². The maximum atomic E-state index is 12.9. The number of nitrogens with one attached hydrogen (secondary N) is 1. The second-order valence-electron chi connectivity index (χ2n) is 5.48. The Hall–Kier alpha value is -2.95. The molecule has 0 unspecified atom stereocenters. The minimum absolute atomic E-state index is 0.0170. The molecule has 3 rings (SSSR count). The molecule has 0 aliphatic carbocycles. The van der Waals surface area contributed by atoms with E-state index in [0.717, 1.165) is 0 Å². The third-order valence-electron chi connectivity index (χ3n) is 3.69. The number of terminal acetylenes is 1. The van der Waals surface area contributed by atoms with E-state index in [0.29, 0.717) is 21.5 Å². The molecule has 1 heterocycles. The van der Waals surface area contributed by atoms with Gasteiger partial charge in [-0.2, -0.15) is 0 Å². The normalized spacial score (nSPS) is 15.5. The van der Waals surface area contributed by atoms with Crippen molar-refractivity contribution in [1.82, 2.24) is 5.32 Å². The van der Waals surface area contributed by atoms with Crippen molar-refractivity contribution in [2.24, 2.45) is 0 Å². The molecule has 1 saturated heterocycles. The predicted molar refractivity (Wildman–Crippen MR) is 111 cm³/mol. The van der Waals surface area contributed by atoms with Crippen LogP contribution in [0.4, 0.5) is 5.69 Å². The average molecular weight is 441 g/mol. The molecule has 1 fully saturated rings. The van der Waals surface area contributed by atoms with Crippen LogP contribution in [0.5, 0.6) is 5.75 Å². The first-order chi connectivity index (χ1) is 13.0. The molecule has 0 aromatic heterocycles. The van der Waals surface area contributed by atoms with Crippen LogP contribution in [0.25, 0.3) is 6.08 Å². The molecule has 0 bridgehead atoms. The number of halogens is 1. The first kappa shape index (κ1) is 18.8. The van der Waals surface area contributed by atoms with Gasteiger partial charge in [-0.05, 0) is 64.1 Å². The topological polar surface area (TPSA) is 58.6 Å². The van der Waals surface area contributed by atoms with Gasteiger partial charge in [0.2, 0.25) is 0 Å². The van der Waals surface area contributed by atoms with Gasteiger partial charge >= 0.3 is 0 Å². The van der Waals surface area contributed by atoms with E-state index < -0.39 is 11.8 Å². The van der Waals surface area contributed by atoms with Gasteiger partial charge in [0.05, 0.1) is 10.2 Å². The summed E-state index contributed by atoms with van der Waals surface area (Å²) in [6.07, 6.45) is 6.69. The summed E-state index contributed by atoms with van der Waals surface area (Å²) < 4.78 is 6.05. The van der Waals surface area contributed by atoms with Crippen molar-refractivity contribution in [3.63, 3.8) is 0 Å². The number of anilines is 1. The van der Waals surface area contributed by atoms with Crippen molar-refractivity contribution in [2.75, 3.05) is 11.5 Å². The number of thiocarbonyl (C=S) groups is 1. The van der Waals surface area contributed by atoms with Gasteiger partial charge in [0.25, 0.3) is 11.8 Å². The van der Waals surface area contributed by atoms with Crippen molar-refractivity contribution in [1.29, 1.82) is 0 Å². The van der Waals surface area contributed by atoms with Crippen molar-refractivity contribution >= 4 is 56.8 Å². The largest absolute Gasteiger partial charge is 0.480 e. The zero-order valence-corrected chi connectivity index (χ0v) is 16.3. The molecular formula is C20H13BrN2O3S. The molecule has 5 nitrogen and oxygen atoms in total. The van der Waals surface area contributed by atoms with E-state index in [9.17, 15) is 9.59 Å². The number of amides is 2. The quantitative estimate of drug-likeness (QED) is 0.343. The first-order valence-corrected chi connectivity index (χ1v) is 9.03. The average Bonchev–Trinajstić information content (AvgIpc) is 2.65. The highest BCUT2D eigenvalue weighted by Gasteiger charge is 2.34. The van der Waals surface area contributed by atoms with E-state index in [4.69, 9.17) is 23.4 Å². The fraction of sp³-hybridized carbons (Fsp3) is 0.0500. The molecule has 2 aromatic rings. The summed E-state index contributed by atoms with van der Waals surface area (Å²) in [6, 6.07) is 14.1. The van der Waals surface area contributed by atoms with Crippen LogP contribution in [0.1, 0.15) is 5.56 Å². The first-order valence-electron chi connectivity index (χ1n) is 7.83. The summed E-state index contributed by atoms with van der Waals surface area (Å²) in [4.78, 5) is 26.5. The molecule has 1 aliphatic heterocycles. The zero-order valence-electron chi connectivity index (χ0n) is 13.9. The Balaban J connectivity index is 1.94. The lowest BCUT2D eigenvalue weighted by atomic mass is 10.1. The Morgan fingerprint density at radius 3 is 2.63 bits per heavy atom. The Kier molecular flexibility index (Phi) is 5.69. The Labute approximate surface area is 170 Å². The van der Waals surface area contributed by atoms with E-state index in [2.05, 4.69) is 27.2 Å². The Bertz CT molecular complexity index is 996. The van der Waals surface area contributed by atoms with E-state index in [-0.39, 0.29) is 17.3 Å². The minimum atomic E-state index is -0.541. The van der Waals surface area contributed by atoms with Crippen molar-refractivity contribution in [2.45, 2.75) is 0 Å². The highest BCUT2D eigenvalue weighted by Crippen LogP contribution is 2.28. The van der Waals surface area contributed by atoms with E-state index in [1.807, 2.05) is 6.07 Å². The van der Waals surface area contributed by atoms with Gasteiger partial charge in [-0.15, -0.1) is 6.42 Å². The summed E-state index contributed by atoms with van der Waals surface area (Å²) in [6.45, 7) is 0.142. The van der Waals surface area contributed by atoms with Gasteiger partial charge in [0, 0.05) is 0 Å². The molecule has 134 valence electrons. The van der Waals surface area contributed by atoms with Gasteiger partial charge in [-0.1, -0.05) is 30.2 Å². The van der Waals surface area contributed by atoms with Crippen LogP contribution in [-0.2, 0) is 9.59 Å². The maximum absolute atomic E-state index is 12.9. The fourth-order valence-corrected chi connectivity index (χ4v) is 3.27. The smallest absolute Gasteiger partial charge is 0.270 e. The van der Waals surface area contributed by atoms with Gasteiger partial charge in [-0.25, -0.2) is 0 Å². The number of hydrogen-bond donors (Lipinski definition) is 1. The Morgan fingerprint density at radius 2 is 1.96 bits per heavy atom. The number of hydrogen-bond acceptors (Lipinski definition) is 4. The summed E-state index contributed by atoms with van der Waals surface area (Å²) in [5.41, 5.74) is 1.21. The third-order valence-corrected chi connectivity index (χ3v) is 4.60. The summed E-state index contributed by atoms with van der Waals surface area (Å²) in [5.74, 6) is 1.93. The summed E-state index contributed by atoms with van der Waals surface area (Å²) in [5, 5.41) is 2.60. The number of carbonyl (C=O) groups excluding carboxylic acids is 2. The monoisotopic (exact) mass is 440 g/mol. The number of benzene rings is 2. The molecule has 27 heavy (non-hydrogen) atoms. The summed E-state index contributed by atoms with van der Waals surface area (Å²) >= 11 is 8.56. The fourth-order valence-electron chi connectivity index (χ4n) is 2.48. The number of para-hydroxylation sites is 1. The maximum Gasteiger partial charge on any atom is 0.270 e. The van der Waals surface area contributed by atoms with Gasteiger partial charge in [-0.3, -0.25) is 19.8 Å². The van der Waals surface area contributed by atoms with Crippen molar-refractivity contribution in [3.8, 4) is 18.1 Å². The van der Waals surface area contributed by atoms with Crippen LogP contribution in [0.3, 0.4) is 0 Å². The van der Waals surface area contributed by atoms with Crippen molar-refractivity contribution < 1.29 is 14.3 Å². The van der Waals surface area contributed by atoms with E-state index in [1.165, 1.54) is 11.0 Å². The highest BCUT2D eigenvalue weighted by molar-refractivity contribution is 9.10. The number of ether oxygens (including phenoxy) is 1. The number of rotatable bonds is 4. The molecule has 0 radical (unpaired) electrons. The lowest BCUT2D eigenvalue weighted by Crippen LogP contribution is -2.54. The minimum Gasteiger partial charge on any atom is -0.480 e. The molecule has 1 aliphatic rings. The molecule has 2 aromatic carbocycles. The van der Waals surface area contributed by atoms with Crippen LogP contribution in [0.2, 0.25) is 0 Å². The van der Waals surface area contributed by atoms with Crippen LogP contribution in [0.15, 0.2) is 58.6 Å². The standard InChI is InChI=1S/C20H13BrN2O3S/c1-2-10-26-17-9-8-13(12-16(17)21)11-15-18(24)22-20(27)23(19(15)25)14-6-4-3-5-7-14/h1,3-9,11-12H,10H2,(H,22,24,27)/b15-11-. The molecule has 0 atom stereocenters. The second kappa shape index (κ2) is 8.16. The highest BCUT2D eigenvalue weighted by atomic mass is 79.9. The summed E-state index contributed by atoms with van der Waals surface area (Å²) in [7, 11) is 0.